The molecule has 9 heteroatoms. The third kappa shape index (κ3) is 3.73. The normalized spacial score (nSPS) is 11.9. The van der Waals surface area contributed by atoms with Gasteiger partial charge in [0.05, 0.1) is 6.54 Å². The zero-order valence-corrected chi connectivity index (χ0v) is 13.7. The van der Waals surface area contributed by atoms with E-state index >= 15 is 0 Å². The first-order valence-electron chi connectivity index (χ1n) is 6.84. The maximum atomic E-state index is 12.4. The molecule has 0 saturated heterocycles. The fourth-order valence-corrected chi connectivity index (χ4v) is 3.07. The smallest absolute Gasteiger partial charge is 0.248 e. The van der Waals surface area contributed by atoms with Crippen LogP contribution in [0.15, 0.2) is 11.1 Å². The number of nitrogen functional groups attached to an aromatic ring is 1. The van der Waals surface area contributed by atoms with Crippen LogP contribution in [-0.2, 0) is 21.4 Å². The number of carbonyl (C=O) groups is 1. The largest absolute Gasteiger partial charge is 0.381 e. The van der Waals surface area contributed by atoms with Gasteiger partial charge in [0.2, 0.25) is 15.9 Å². The average molecular weight is 317 g/mol. The lowest BCUT2D eigenvalue weighted by atomic mass is 10.4. The van der Waals surface area contributed by atoms with Gasteiger partial charge in [-0.25, -0.2) is 8.42 Å². The number of amides is 1. The average Bonchev–Trinajstić information content (AvgIpc) is 2.82. The van der Waals surface area contributed by atoms with Crippen molar-refractivity contribution >= 4 is 21.7 Å². The molecule has 1 aromatic rings. The van der Waals surface area contributed by atoms with E-state index in [2.05, 4.69) is 5.10 Å². The van der Waals surface area contributed by atoms with E-state index in [1.807, 2.05) is 20.8 Å². The number of nitrogens with zero attached hydrogens (tertiary/aromatic N) is 4. The molecule has 1 amide bonds. The Hall–Kier alpha value is -1.61. The Morgan fingerprint density at radius 1 is 1.33 bits per heavy atom. The Morgan fingerprint density at radius 2 is 1.90 bits per heavy atom. The second kappa shape index (κ2) is 6.90. The third-order valence-corrected chi connectivity index (χ3v) is 5.06. The summed E-state index contributed by atoms with van der Waals surface area (Å²) in [5, 5.41) is 3.92. The lowest BCUT2D eigenvalue weighted by molar-refractivity contribution is -0.130. The van der Waals surface area contributed by atoms with Crippen LogP contribution in [0.2, 0.25) is 0 Å². The molecule has 0 radical (unpaired) electrons. The minimum Gasteiger partial charge on any atom is -0.381 e. The molecular formula is C12H23N5O3S. The lowest BCUT2D eigenvalue weighted by Gasteiger charge is -2.22. The second-order valence-electron chi connectivity index (χ2n) is 4.56. The second-order valence-corrected chi connectivity index (χ2v) is 6.57. The van der Waals surface area contributed by atoms with E-state index in [4.69, 9.17) is 5.73 Å². The molecule has 21 heavy (non-hydrogen) atoms. The molecule has 1 heterocycles. The summed E-state index contributed by atoms with van der Waals surface area (Å²) in [5.74, 6) is -0.300. The van der Waals surface area contributed by atoms with Crippen molar-refractivity contribution in [1.82, 2.24) is 19.0 Å². The highest BCUT2D eigenvalue weighted by Gasteiger charge is 2.28. The van der Waals surface area contributed by atoms with Crippen LogP contribution in [0.3, 0.4) is 0 Å². The summed E-state index contributed by atoms with van der Waals surface area (Å²) in [7, 11) is -2.47. The van der Waals surface area contributed by atoms with Gasteiger partial charge in [-0.2, -0.15) is 9.40 Å². The molecule has 1 aromatic heterocycles. The van der Waals surface area contributed by atoms with Gasteiger partial charge < -0.3 is 10.6 Å². The summed E-state index contributed by atoms with van der Waals surface area (Å²) in [6.07, 6.45) is 1.38. The van der Waals surface area contributed by atoms with Crippen molar-refractivity contribution in [2.75, 3.05) is 32.4 Å². The topological polar surface area (TPSA) is 102 Å². The molecule has 0 spiro atoms. The fraction of sp³-hybridized carbons (Fsp3) is 0.667. The number of sulfonamides is 1. The highest BCUT2D eigenvalue weighted by atomic mass is 32.2. The number of likely N-dealkylation sites (N-methyl/N-ethyl adjacent to an activating group) is 2. The van der Waals surface area contributed by atoms with E-state index in [0.29, 0.717) is 19.6 Å². The summed E-state index contributed by atoms with van der Waals surface area (Å²) in [6, 6.07) is 0. The van der Waals surface area contributed by atoms with Crippen molar-refractivity contribution in [2.45, 2.75) is 32.2 Å². The van der Waals surface area contributed by atoms with Crippen LogP contribution in [0.25, 0.3) is 0 Å². The number of carbonyl (C=O) groups excluding carboxylic acids is 1. The third-order valence-electron chi connectivity index (χ3n) is 3.24. The number of hydrogen-bond donors (Lipinski definition) is 1. The Kier molecular flexibility index (Phi) is 5.73. The first-order valence-corrected chi connectivity index (χ1v) is 8.28. The van der Waals surface area contributed by atoms with Crippen LogP contribution in [0.1, 0.15) is 20.8 Å². The first-order chi connectivity index (χ1) is 9.77. The van der Waals surface area contributed by atoms with Crippen molar-refractivity contribution in [3.05, 3.63) is 6.20 Å². The maximum Gasteiger partial charge on any atom is 0.248 e. The highest BCUT2D eigenvalue weighted by molar-refractivity contribution is 7.89. The molecular weight excluding hydrogens is 294 g/mol. The van der Waals surface area contributed by atoms with Crippen LogP contribution in [-0.4, -0.2) is 60.0 Å². The van der Waals surface area contributed by atoms with E-state index in [1.165, 1.54) is 17.9 Å². The monoisotopic (exact) mass is 317 g/mol. The Balaban J connectivity index is 2.96. The van der Waals surface area contributed by atoms with Crippen molar-refractivity contribution in [2.24, 2.45) is 0 Å². The van der Waals surface area contributed by atoms with Gasteiger partial charge >= 0.3 is 0 Å². The number of nitrogens with two attached hydrogens (primary N) is 1. The van der Waals surface area contributed by atoms with Crippen molar-refractivity contribution in [3.63, 3.8) is 0 Å². The molecule has 0 aliphatic heterocycles. The van der Waals surface area contributed by atoms with Gasteiger partial charge in [0, 0.05) is 32.9 Å². The van der Waals surface area contributed by atoms with E-state index < -0.39 is 10.0 Å². The van der Waals surface area contributed by atoms with E-state index in [9.17, 15) is 13.2 Å². The molecule has 0 saturated carbocycles. The Morgan fingerprint density at radius 3 is 2.33 bits per heavy atom. The van der Waals surface area contributed by atoms with Crippen LogP contribution in [0.5, 0.6) is 0 Å². The maximum absolute atomic E-state index is 12.4. The molecule has 2 N–H and O–H groups in total. The van der Waals surface area contributed by atoms with Crippen LogP contribution < -0.4 is 5.73 Å². The number of anilines is 1. The van der Waals surface area contributed by atoms with Gasteiger partial charge in [-0.1, -0.05) is 0 Å². The Bertz CT molecular complexity index is 592. The number of aromatic nitrogens is 2. The molecule has 0 bridgehead atoms. The highest BCUT2D eigenvalue weighted by Crippen LogP contribution is 2.20. The van der Waals surface area contributed by atoms with Gasteiger partial charge in [-0.15, -0.1) is 0 Å². The minimum atomic E-state index is -3.83. The van der Waals surface area contributed by atoms with Gasteiger partial charge in [0.25, 0.3) is 0 Å². The van der Waals surface area contributed by atoms with Gasteiger partial charge in [0.1, 0.15) is 4.90 Å². The molecule has 0 aliphatic carbocycles. The van der Waals surface area contributed by atoms with Gasteiger partial charge in [-0.3, -0.25) is 9.48 Å². The summed E-state index contributed by atoms with van der Waals surface area (Å²) in [5.41, 5.74) is 5.65. The summed E-state index contributed by atoms with van der Waals surface area (Å²) < 4.78 is 27.3. The SMILES string of the molecule is CCN(CC)C(=O)CN(C)S(=O)(=O)c1cn(CC)nc1N. The van der Waals surface area contributed by atoms with Gasteiger partial charge in [-0.05, 0) is 20.8 Å². The van der Waals surface area contributed by atoms with Crippen molar-refractivity contribution in [1.29, 1.82) is 0 Å². The summed E-state index contributed by atoms with van der Waals surface area (Å²) >= 11 is 0. The van der Waals surface area contributed by atoms with Crippen LogP contribution >= 0.6 is 0 Å². The molecule has 0 unspecified atom stereocenters. The lowest BCUT2D eigenvalue weighted by Crippen LogP contribution is -2.41. The predicted molar refractivity (Wildman–Crippen MR) is 80.1 cm³/mol. The summed E-state index contributed by atoms with van der Waals surface area (Å²) in [6.45, 7) is 6.90. The standard InChI is InChI=1S/C12H23N5O3S/c1-5-16(6-2)11(18)9-15(4)21(19,20)10-8-17(7-3)14-12(10)13/h8H,5-7,9H2,1-4H3,(H2,13,14). The predicted octanol–water partition coefficient (Wildman–Crippen LogP) is -0.0259. The quantitative estimate of drug-likeness (QED) is 0.761. The van der Waals surface area contributed by atoms with Crippen molar-refractivity contribution in [3.8, 4) is 0 Å². The molecule has 0 atom stereocenters. The van der Waals surface area contributed by atoms with Crippen LogP contribution in [0, 0.1) is 0 Å². The molecule has 0 aromatic carbocycles. The van der Waals surface area contributed by atoms with Crippen molar-refractivity contribution < 1.29 is 13.2 Å². The zero-order valence-electron chi connectivity index (χ0n) is 12.9. The fourth-order valence-electron chi connectivity index (χ4n) is 1.90. The molecule has 0 fully saturated rings. The van der Waals surface area contributed by atoms with E-state index in [-0.39, 0.29) is 23.2 Å². The number of hydrogen-bond acceptors (Lipinski definition) is 5. The van der Waals surface area contributed by atoms with Crippen LogP contribution in [0.4, 0.5) is 5.82 Å². The van der Waals surface area contributed by atoms with E-state index in [0.717, 1.165) is 4.31 Å². The number of aryl methyl sites for hydroxylation is 1. The zero-order chi connectivity index (χ0) is 16.2. The summed E-state index contributed by atoms with van der Waals surface area (Å²) in [4.78, 5) is 13.5. The Labute approximate surface area is 125 Å². The first kappa shape index (κ1) is 17.4. The van der Waals surface area contributed by atoms with Gasteiger partial charge in [0.15, 0.2) is 5.82 Å². The number of rotatable bonds is 7. The molecule has 1 rings (SSSR count). The molecule has 8 nitrogen and oxygen atoms in total. The van der Waals surface area contributed by atoms with E-state index in [1.54, 1.807) is 4.90 Å². The molecule has 0 aliphatic rings. The molecule has 120 valence electrons. The minimum absolute atomic E-state index is 0.0565.